The van der Waals surface area contributed by atoms with E-state index in [1.165, 1.54) is 11.0 Å². The third-order valence-electron chi connectivity index (χ3n) is 5.56. The number of fused-ring (bicyclic) bond motifs is 1. The van der Waals surface area contributed by atoms with Crippen molar-refractivity contribution in [1.29, 1.82) is 0 Å². The van der Waals surface area contributed by atoms with Crippen molar-refractivity contribution in [2.24, 2.45) is 0 Å². The van der Waals surface area contributed by atoms with Crippen LogP contribution >= 0.6 is 0 Å². The lowest BCUT2D eigenvalue weighted by molar-refractivity contribution is -0.136. The number of hydrogen-bond donors (Lipinski definition) is 1. The first kappa shape index (κ1) is 22.1. The maximum atomic E-state index is 12.8. The standard InChI is InChI=1S/C22H28N4O6/c1-22(2,3)32-21(30)25-8-7-24(19(27)13-25)12-18-23-16-5-4-14(20(28)29)10-17(16)26(18)11-15-6-9-31-15/h4-5,10,15H,6-9,11-13H2,1-3H3,(H,28,29). The van der Waals surface area contributed by atoms with Gasteiger partial charge in [0.15, 0.2) is 0 Å². The Bertz CT molecular complexity index is 1050. The van der Waals surface area contributed by atoms with Gasteiger partial charge >= 0.3 is 12.1 Å². The first-order valence-corrected chi connectivity index (χ1v) is 10.7. The van der Waals surface area contributed by atoms with Gasteiger partial charge < -0.3 is 24.0 Å². The number of imidazole rings is 1. The minimum Gasteiger partial charge on any atom is -0.478 e. The SMILES string of the molecule is CC(C)(C)OC(=O)N1CCN(Cc2nc3ccc(C(=O)O)cc3n2CC2CCO2)C(=O)C1. The van der Waals surface area contributed by atoms with E-state index in [1.807, 2.05) is 4.57 Å². The van der Waals surface area contributed by atoms with Crippen LogP contribution in [0.2, 0.25) is 0 Å². The molecule has 172 valence electrons. The van der Waals surface area contributed by atoms with E-state index in [2.05, 4.69) is 4.98 Å². The summed E-state index contributed by atoms with van der Waals surface area (Å²) in [6.45, 7) is 7.56. The molecule has 1 N–H and O–H groups in total. The third-order valence-corrected chi connectivity index (χ3v) is 5.56. The molecule has 4 rings (SSSR count). The van der Waals surface area contributed by atoms with E-state index in [-0.39, 0.29) is 30.7 Å². The van der Waals surface area contributed by atoms with Crippen LogP contribution in [0.3, 0.4) is 0 Å². The fourth-order valence-electron chi connectivity index (χ4n) is 3.79. The summed E-state index contributed by atoms with van der Waals surface area (Å²) in [7, 11) is 0. The quantitative estimate of drug-likeness (QED) is 0.751. The van der Waals surface area contributed by atoms with Crippen LogP contribution in [0, 0.1) is 0 Å². The molecule has 0 radical (unpaired) electrons. The van der Waals surface area contributed by atoms with E-state index in [1.54, 1.807) is 37.8 Å². The van der Waals surface area contributed by atoms with Gasteiger partial charge in [-0.15, -0.1) is 0 Å². The number of carboxylic acid groups (broad SMARTS) is 1. The molecule has 0 bridgehead atoms. The number of hydrogen-bond acceptors (Lipinski definition) is 6. The van der Waals surface area contributed by atoms with Gasteiger partial charge in [0.25, 0.3) is 0 Å². The molecule has 3 heterocycles. The minimum absolute atomic E-state index is 0.0411. The highest BCUT2D eigenvalue weighted by atomic mass is 16.6. The molecule has 1 aromatic carbocycles. The van der Waals surface area contributed by atoms with Crippen molar-refractivity contribution in [3.05, 3.63) is 29.6 Å². The number of aromatic nitrogens is 2. The lowest BCUT2D eigenvalue weighted by Crippen LogP contribution is -2.53. The number of amides is 2. The van der Waals surface area contributed by atoms with Gasteiger partial charge in [0.2, 0.25) is 5.91 Å². The Morgan fingerprint density at radius 3 is 2.62 bits per heavy atom. The number of carbonyl (C=O) groups is 3. The lowest BCUT2D eigenvalue weighted by atomic mass is 10.1. The molecule has 2 saturated heterocycles. The second kappa shape index (κ2) is 8.42. The molecular weight excluding hydrogens is 416 g/mol. The van der Waals surface area contributed by atoms with E-state index < -0.39 is 17.7 Å². The number of ether oxygens (including phenoxy) is 2. The predicted molar refractivity (Wildman–Crippen MR) is 114 cm³/mol. The predicted octanol–water partition coefficient (Wildman–Crippen LogP) is 2.10. The van der Waals surface area contributed by atoms with Gasteiger partial charge in [-0.05, 0) is 45.4 Å². The molecule has 1 atom stereocenters. The average molecular weight is 444 g/mol. The van der Waals surface area contributed by atoms with E-state index in [4.69, 9.17) is 9.47 Å². The molecule has 32 heavy (non-hydrogen) atoms. The Labute approximate surface area is 185 Å². The first-order valence-electron chi connectivity index (χ1n) is 10.7. The summed E-state index contributed by atoms with van der Waals surface area (Å²) in [5.74, 6) is -0.529. The summed E-state index contributed by atoms with van der Waals surface area (Å²) in [6, 6.07) is 4.81. The molecule has 2 amide bonds. The fraction of sp³-hybridized carbons (Fsp3) is 0.545. The molecule has 0 aliphatic carbocycles. The molecule has 2 aliphatic heterocycles. The molecular formula is C22H28N4O6. The smallest absolute Gasteiger partial charge is 0.410 e. The van der Waals surface area contributed by atoms with Crippen LogP contribution in [0.5, 0.6) is 0 Å². The highest BCUT2D eigenvalue weighted by molar-refractivity contribution is 5.92. The Kier molecular flexibility index (Phi) is 5.81. The zero-order chi connectivity index (χ0) is 23.0. The molecule has 10 heteroatoms. The maximum absolute atomic E-state index is 12.8. The minimum atomic E-state index is -1.01. The average Bonchev–Trinajstić information content (AvgIpc) is 3.01. The molecule has 0 spiro atoms. The number of benzene rings is 1. The first-order chi connectivity index (χ1) is 15.1. The summed E-state index contributed by atoms with van der Waals surface area (Å²) in [6.07, 6.45) is 0.464. The van der Waals surface area contributed by atoms with Crippen molar-refractivity contribution in [2.45, 2.75) is 52.0 Å². The van der Waals surface area contributed by atoms with Crippen LogP contribution < -0.4 is 0 Å². The topological polar surface area (TPSA) is 114 Å². The van der Waals surface area contributed by atoms with Gasteiger partial charge in [0.05, 0.1) is 35.8 Å². The van der Waals surface area contributed by atoms with Crippen LogP contribution in [-0.4, -0.2) is 80.4 Å². The molecule has 2 fully saturated rings. The maximum Gasteiger partial charge on any atom is 0.410 e. The Hall–Kier alpha value is -3.14. The second-order valence-corrected chi connectivity index (χ2v) is 9.15. The largest absolute Gasteiger partial charge is 0.478 e. The fourth-order valence-corrected chi connectivity index (χ4v) is 3.79. The monoisotopic (exact) mass is 444 g/mol. The number of carbonyl (C=O) groups excluding carboxylic acids is 2. The van der Waals surface area contributed by atoms with Crippen LogP contribution in [0.4, 0.5) is 4.79 Å². The van der Waals surface area contributed by atoms with E-state index in [9.17, 15) is 19.5 Å². The molecule has 2 aromatic rings. The summed E-state index contributed by atoms with van der Waals surface area (Å²) >= 11 is 0. The van der Waals surface area contributed by atoms with Crippen LogP contribution in [0.25, 0.3) is 11.0 Å². The summed E-state index contributed by atoms with van der Waals surface area (Å²) in [5.41, 5.74) is 0.932. The number of piperazine rings is 1. The molecule has 1 unspecified atom stereocenters. The summed E-state index contributed by atoms with van der Waals surface area (Å²) in [4.78, 5) is 44.3. The van der Waals surface area contributed by atoms with Crippen molar-refractivity contribution in [1.82, 2.24) is 19.4 Å². The molecule has 1 aromatic heterocycles. The van der Waals surface area contributed by atoms with Crippen molar-refractivity contribution >= 4 is 29.0 Å². The van der Waals surface area contributed by atoms with Crippen molar-refractivity contribution in [3.63, 3.8) is 0 Å². The highest BCUT2D eigenvalue weighted by Gasteiger charge is 2.31. The van der Waals surface area contributed by atoms with Crippen LogP contribution in [0.1, 0.15) is 43.4 Å². The van der Waals surface area contributed by atoms with Crippen molar-refractivity contribution in [2.75, 3.05) is 26.2 Å². The van der Waals surface area contributed by atoms with Gasteiger partial charge in [-0.25, -0.2) is 14.6 Å². The second-order valence-electron chi connectivity index (χ2n) is 9.15. The molecule has 10 nitrogen and oxygen atoms in total. The highest BCUT2D eigenvalue weighted by Crippen LogP contribution is 2.24. The molecule has 0 saturated carbocycles. The van der Waals surface area contributed by atoms with E-state index in [0.717, 1.165) is 6.42 Å². The number of nitrogens with zero attached hydrogens (tertiary/aromatic N) is 4. The number of aromatic carboxylic acids is 1. The van der Waals surface area contributed by atoms with Gasteiger partial charge in [-0.1, -0.05) is 0 Å². The van der Waals surface area contributed by atoms with E-state index in [0.29, 0.717) is 43.1 Å². The zero-order valence-electron chi connectivity index (χ0n) is 18.5. The van der Waals surface area contributed by atoms with Gasteiger partial charge in [0.1, 0.15) is 18.0 Å². The van der Waals surface area contributed by atoms with Crippen LogP contribution in [0.15, 0.2) is 18.2 Å². The lowest BCUT2D eigenvalue weighted by Gasteiger charge is -2.35. The normalized spacial score (nSPS) is 19.2. The number of carboxylic acids is 1. The Morgan fingerprint density at radius 1 is 1.28 bits per heavy atom. The Balaban J connectivity index is 1.53. The Morgan fingerprint density at radius 2 is 2.03 bits per heavy atom. The summed E-state index contributed by atoms with van der Waals surface area (Å²) in [5, 5.41) is 9.37. The summed E-state index contributed by atoms with van der Waals surface area (Å²) < 4.78 is 12.9. The van der Waals surface area contributed by atoms with E-state index >= 15 is 0 Å². The zero-order valence-corrected chi connectivity index (χ0v) is 18.5. The van der Waals surface area contributed by atoms with Gasteiger partial charge in [-0.3, -0.25) is 9.69 Å². The molecule has 2 aliphatic rings. The van der Waals surface area contributed by atoms with Gasteiger partial charge in [-0.2, -0.15) is 0 Å². The van der Waals surface area contributed by atoms with Crippen molar-refractivity contribution in [3.8, 4) is 0 Å². The van der Waals surface area contributed by atoms with Gasteiger partial charge in [0, 0.05) is 19.7 Å². The van der Waals surface area contributed by atoms with Crippen molar-refractivity contribution < 1.29 is 29.0 Å². The van der Waals surface area contributed by atoms with Crippen LogP contribution in [-0.2, 0) is 27.4 Å². The third kappa shape index (κ3) is 4.69. The number of rotatable bonds is 5.